The molecule has 3 heterocycles. The fourth-order valence-electron chi connectivity index (χ4n) is 4.78. The van der Waals surface area contributed by atoms with Gasteiger partial charge in [-0.05, 0) is 66.2 Å². The summed E-state index contributed by atoms with van der Waals surface area (Å²) in [4.78, 5) is 34.1. The molecule has 3 aromatic carbocycles. The maximum atomic E-state index is 13.3. The van der Waals surface area contributed by atoms with Crippen molar-refractivity contribution in [3.05, 3.63) is 119 Å². The number of fused-ring (bicyclic) bond motifs is 1. The van der Waals surface area contributed by atoms with E-state index in [0.29, 0.717) is 65.7 Å². The number of hydrogen-bond acceptors (Lipinski definition) is 7. The number of piperazine rings is 1. The van der Waals surface area contributed by atoms with Gasteiger partial charge in [0.25, 0.3) is 5.91 Å². The summed E-state index contributed by atoms with van der Waals surface area (Å²) >= 11 is 0. The largest absolute Gasteiger partial charge is 0.457 e. The van der Waals surface area contributed by atoms with Crippen LogP contribution in [0, 0.1) is 11.3 Å². The second-order valence-corrected chi connectivity index (χ2v) is 9.44. The second-order valence-electron chi connectivity index (χ2n) is 9.44. The number of anilines is 1. The number of para-hydroxylation sites is 1. The predicted molar refractivity (Wildman–Crippen MR) is 150 cm³/mol. The Bertz CT molecular complexity index is 1650. The van der Waals surface area contributed by atoms with Crippen LogP contribution < -0.4 is 9.64 Å². The summed E-state index contributed by atoms with van der Waals surface area (Å²) in [5.74, 6) is 2.01. The molecule has 8 heteroatoms. The van der Waals surface area contributed by atoms with Crippen LogP contribution in [0.2, 0.25) is 0 Å². The van der Waals surface area contributed by atoms with E-state index in [1.54, 1.807) is 48.7 Å². The standard InChI is InChI=1S/C32H24N4O4/c33-20-23-9-12-30(34-21-23)35-13-15-36(16-14-35)31(37)24-6-4-5-22(17-24)18-29-28-19-26(10-11-27(28)32(38)40-29)39-25-7-2-1-3-8-25/h1-12,17-19,21H,13-16H2. The van der Waals surface area contributed by atoms with Crippen LogP contribution in [0.3, 0.4) is 0 Å². The van der Waals surface area contributed by atoms with Crippen molar-refractivity contribution in [2.45, 2.75) is 0 Å². The summed E-state index contributed by atoms with van der Waals surface area (Å²) in [7, 11) is 0. The highest BCUT2D eigenvalue weighted by Crippen LogP contribution is 2.35. The molecule has 8 nitrogen and oxygen atoms in total. The molecule has 0 spiro atoms. The number of carbonyl (C=O) groups excluding carboxylic acids is 2. The average molecular weight is 529 g/mol. The normalized spacial score (nSPS) is 15.4. The molecule has 0 saturated carbocycles. The average Bonchev–Trinajstić information content (AvgIpc) is 3.31. The number of esters is 1. The third kappa shape index (κ3) is 5.13. The molecule has 2 aliphatic rings. The Morgan fingerprint density at radius 1 is 0.900 bits per heavy atom. The van der Waals surface area contributed by atoms with Crippen LogP contribution >= 0.6 is 0 Å². The molecule has 1 aromatic heterocycles. The molecule has 4 aromatic rings. The molecule has 6 rings (SSSR count). The number of aromatic nitrogens is 1. The van der Waals surface area contributed by atoms with E-state index in [-0.39, 0.29) is 5.91 Å². The minimum atomic E-state index is -0.422. The molecule has 1 fully saturated rings. The van der Waals surface area contributed by atoms with Crippen molar-refractivity contribution < 1.29 is 19.1 Å². The molecule has 1 saturated heterocycles. The molecule has 0 atom stereocenters. The van der Waals surface area contributed by atoms with Crippen molar-refractivity contribution in [3.8, 4) is 17.6 Å². The highest BCUT2D eigenvalue weighted by Gasteiger charge is 2.27. The first-order chi connectivity index (χ1) is 19.6. The van der Waals surface area contributed by atoms with E-state index in [1.807, 2.05) is 53.4 Å². The zero-order valence-electron chi connectivity index (χ0n) is 21.5. The van der Waals surface area contributed by atoms with Gasteiger partial charge in [-0.2, -0.15) is 5.26 Å². The Kier molecular flexibility index (Phi) is 6.69. The van der Waals surface area contributed by atoms with Gasteiger partial charge in [-0.3, -0.25) is 4.79 Å². The molecule has 40 heavy (non-hydrogen) atoms. The van der Waals surface area contributed by atoms with Gasteiger partial charge in [0, 0.05) is 43.5 Å². The molecule has 0 radical (unpaired) electrons. The Morgan fingerprint density at radius 3 is 2.48 bits per heavy atom. The molecular weight excluding hydrogens is 504 g/mol. The lowest BCUT2D eigenvalue weighted by Gasteiger charge is -2.35. The van der Waals surface area contributed by atoms with E-state index in [9.17, 15) is 9.59 Å². The number of carbonyl (C=O) groups is 2. The molecule has 0 unspecified atom stereocenters. The summed E-state index contributed by atoms with van der Waals surface area (Å²) in [6.07, 6.45) is 3.32. The fraction of sp³-hybridized carbons (Fsp3) is 0.125. The Morgan fingerprint density at radius 2 is 1.73 bits per heavy atom. The number of nitriles is 1. The summed E-state index contributed by atoms with van der Waals surface area (Å²) < 4.78 is 11.5. The summed E-state index contributed by atoms with van der Waals surface area (Å²) in [6.45, 7) is 2.41. The third-order valence-corrected chi connectivity index (χ3v) is 6.86. The van der Waals surface area contributed by atoms with Crippen molar-refractivity contribution in [1.82, 2.24) is 9.88 Å². The molecule has 0 N–H and O–H groups in total. The first-order valence-electron chi connectivity index (χ1n) is 12.9. The number of nitrogens with zero attached hydrogens (tertiary/aromatic N) is 4. The highest BCUT2D eigenvalue weighted by molar-refractivity contribution is 6.06. The minimum absolute atomic E-state index is 0.0601. The Hall–Kier alpha value is -5.42. The van der Waals surface area contributed by atoms with Crippen LogP contribution in [-0.4, -0.2) is 47.9 Å². The van der Waals surface area contributed by atoms with Gasteiger partial charge in [0.2, 0.25) is 0 Å². The number of hydrogen-bond donors (Lipinski definition) is 0. The van der Waals surface area contributed by atoms with E-state index in [1.165, 1.54) is 0 Å². The number of benzene rings is 3. The van der Waals surface area contributed by atoms with Gasteiger partial charge in [0.1, 0.15) is 29.1 Å². The highest BCUT2D eigenvalue weighted by atomic mass is 16.5. The lowest BCUT2D eigenvalue weighted by atomic mass is 10.0. The smallest absolute Gasteiger partial charge is 0.344 e. The maximum Gasteiger partial charge on any atom is 0.344 e. The van der Waals surface area contributed by atoms with Crippen molar-refractivity contribution in [2.75, 3.05) is 31.1 Å². The zero-order chi connectivity index (χ0) is 27.5. The molecule has 1 amide bonds. The first-order valence-corrected chi connectivity index (χ1v) is 12.9. The summed E-state index contributed by atoms with van der Waals surface area (Å²) in [5, 5.41) is 8.98. The fourth-order valence-corrected chi connectivity index (χ4v) is 4.78. The van der Waals surface area contributed by atoms with Gasteiger partial charge < -0.3 is 19.3 Å². The number of cyclic esters (lactones) is 1. The van der Waals surface area contributed by atoms with Crippen LogP contribution in [-0.2, 0) is 4.74 Å². The molecule has 196 valence electrons. The second kappa shape index (κ2) is 10.8. The predicted octanol–water partition coefficient (Wildman–Crippen LogP) is 5.38. The lowest BCUT2D eigenvalue weighted by Crippen LogP contribution is -2.49. The number of ether oxygens (including phenoxy) is 2. The van der Waals surface area contributed by atoms with Gasteiger partial charge in [-0.25, -0.2) is 9.78 Å². The molecular formula is C32H24N4O4. The number of rotatable bonds is 5. The van der Waals surface area contributed by atoms with Crippen molar-refractivity contribution >= 4 is 29.5 Å². The quantitative estimate of drug-likeness (QED) is 0.321. The van der Waals surface area contributed by atoms with Gasteiger partial charge >= 0.3 is 5.97 Å². The number of pyridine rings is 1. The van der Waals surface area contributed by atoms with Crippen molar-refractivity contribution in [2.24, 2.45) is 0 Å². The number of amides is 1. The zero-order valence-corrected chi connectivity index (χ0v) is 21.5. The van der Waals surface area contributed by atoms with Crippen molar-refractivity contribution in [3.63, 3.8) is 0 Å². The van der Waals surface area contributed by atoms with E-state index in [4.69, 9.17) is 14.7 Å². The summed E-state index contributed by atoms with van der Waals surface area (Å²) in [5.41, 5.74) is 2.93. The van der Waals surface area contributed by atoms with E-state index >= 15 is 0 Å². The topological polar surface area (TPSA) is 95.8 Å². The van der Waals surface area contributed by atoms with Crippen LogP contribution in [0.25, 0.3) is 11.8 Å². The Labute approximate surface area is 231 Å². The van der Waals surface area contributed by atoms with E-state index in [0.717, 1.165) is 11.4 Å². The maximum absolute atomic E-state index is 13.3. The SMILES string of the molecule is N#Cc1ccc(N2CCN(C(=O)c3cccc(C=C4OC(=O)c5ccc(Oc6ccccc6)cc54)c3)CC2)nc1. The minimum Gasteiger partial charge on any atom is -0.457 e. The van der Waals surface area contributed by atoms with Gasteiger partial charge in [0.05, 0.1) is 11.1 Å². The monoisotopic (exact) mass is 528 g/mol. The summed E-state index contributed by atoms with van der Waals surface area (Å²) in [6, 6.07) is 27.6. The third-order valence-electron chi connectivity index (χ3n) is 6.86. The van der Waals surface area contributed by atoms with Gasteiger partial charge in [-0.15, -0.1) is 0 Å². The molecule has 0 aliphatic carbocycles. The van der Waals surface area contributed by atoms with Crippen LogP contribution in [0.1, 0.15) is 37.4 Å². The van der Waals surface area contributed by atoms with Crippen molar-refractivity contribution in [1.29, 1.82) is 5.26 Å². The molecule has 0 bridgehead atoms. The van der Waals surface area contributed by atoms with Crippen LogP contribution in [0.4, 0.5) is 5.82 Å². The van der Waals surface area contributed by atoms with Gasteiger partial charge in [0.15, 0.2) is 0 Å². The molecule has 2 aliphatic heterocycles. The van der Waals surface area contributed by atoms with E-state index in [2.05, 4.69) is 16.0 Å². The lowest BCUT2D eigenvalue weighted by molar-refractivity contribution is 0.0714. The van der Waals surface area contributed by atoms with E-state index < -0.39 is 5.97 Å². The van der Waals surface area contributed by atoms with Crippen LogP contribution in [0.15, 0.2) is 91.1 Å². The first kappa shape index (κ1) is 24.9. The van der Waals surface area contributed by atoms with Gasteiger partial charge in [-0.1, -0.05) is 30.3 Å². The Balaban J connectivity index is 1.17. The van der Waals surface area contributed by atoms with Crippen LogP contribution in [0.5, 0.6) is 11.5 Å².